The molecule has 0 unspecified atom stereocenters. The van der Waals surface area contributed by atoms with E-state index in [9.17, 15) is 9.59 Å². The molecule has 0 atom stereocenters. The van der Waals surface area contributed by atoms with Gasteiger partial charge in [-0.3, -0.25) is 10.1 Å². The first-order valence-corrected chi connectivity index (χ1v) is 1.79. The Hall–Kier alpha value is -1.32. The molecule has 0 aromatic carbocycles. The third-order valence-electron chi connectivity index (χ3n) is 0.358. The number of carbonyl (C=O) groups excluding carboxylic acids is 1. The summed E-state index contributed by atoms with van der Waals surface area (Å²) in [5.74, 6) is 0. The van der Waals surface area contributed by atoms with E-state index in [1.54, 1.807) is 0 Å². The lowest BCUT2D eigenvalue weighted by molar-refractivity contribution is 0.198. The molecule has 0 aromatic heterocycles. The van der Waals surface area contributed by atoms with E-state index in [0.29, 0.717) is 0 Å². The Bertz CT molecular complexity index is 118. The minimum atomic E-state index is -1.20. The minimum Gasteiger partial charge on any atom is -0.465 e. The van der Waals surface area contributed by atoms with Crippen LogP contribution in [-0.2, 0) is 4.79 Å². The molecule has 0 aromatic rings. The van der Waals surface area contributed by atoms with Crippen LogP contribution in [0.3, 0.4) is 0 Å². The van der Waals surface area contributed by atoms with E-state index in [-0.39, 0.29) is 0 Å². The van der Waals surface area contributed by atoms with Crippen molar-refractivity contribution in [1.82, 2.24) is 5.32 Å². The molecule has 8 heavy (non-hydrogen) atoms. The Morgan fingerprint density at radius 1 is 1.75 bits per heavy atom. The van der Waals surface area contributed by atoms with Gasteiger partial charge in [-0.15, -0.1) is 0 Å². The van der Waals surface area contributed by atoms with Crippen LogP contribution in [0, 0.1) is 0 Å². The Labute approximate surface area is 45.8 Å². The van der Waals surface area contributed by atoms with Gasteiger partial charge in [-0.2, -0.15) is 0 Å². The topological polar surface area (TPSA) is 66.4 Å². The van der Waals surface area contributed by atoms with Crippen molar-refractivity contribution in [1.29, 1.82) is 0 Å². The van der Waals surface area contributed by atoms with Crippen molar-refractivity contribution in [2.45, 2.75) is 0 Å². The predicted octanol–water partition coefficient (Wildman–Crippen LogP) is -0.123. The van der Waals surface area contributed by atoms with Crippen LogP contribution in [0.4, 0.5) is 4.79 Å². The zero-order valence-electron chi connectivity index (χ0n) is 3.92. The Kier molecular flexibility index (Phi) is 3.22. The van der Waals surface area contributed by atoms with E-state index in [1.165, 1.54) is 6.29 Å². The number of amides is 1. The van der Waals surface area contributed by atoms with Crippen molar-refractivity contribution in [3.05, 3.63) is 12.3 Å². The molecule has 0 bridgehead atoms. The third kappa shape index (κ3) is 4.68. The first-order chi connectivity index (χ1) is 3.77. The van der Waals surface area contributed by atoms with Crippen LogP contribution in [0.25, 0.3) is 0 Å². The van der Waals surface area contributed by atoms with Crippen LogP contribution in [0.1, 0.15) is 0 Å². The van der Waals surface area contributed by atoms with Crippen LogP contribution in [0.2, 0.25) is 0 Å². The van der Waals surface area contributed by atoms with Gasteiger partial charge in [-0.25, -0.2) is 4.79 Å². The Morgan fingerprint density at radius 2 is 2.38 bits per heavy atom. The quantitative estimate of drug-likeness (QED) is 0.491. The number of nitrogens with one attached hydrogen (secondary N) is 1. The third-order valence-corrected chi connectivity index (χ3v) is 0.358. The predicted molar refractivity (Wildman–Crippen MR) is 26.0 cm³/mol. The van der Waals surface area contributed by atoms with Crippen molar-refractivity contribution >= 4 is 12.4 Å². The van der Waals surface area contributed by atoms with Crippen LogP contribution in [-0.4, -0.2) is 17.5 Å². The van der Waals surface area contributed by atoms with E-state index in [4.69, 9.17) is 5.11 Å². The molecule has 0 saturated heterocycles. The molecular formula is C4H4NO3. The maximum atomic E-state index is 9.58. The van der Waals surface area contributed by atoms with Crippen molar-refractivity contribution in [3.63, 3.8) is 0 Å². The average molecular weight is 114 g/mol. The highest BCUT2D eigenvalue weighted by Gasteiger charge is 1.82. The van der Waals surface area contributed by atoms with E-state index in [1.807, 2.05) is 5.32 Å². The summed E-state index contributed by atoms with van der Waals surface area (Å²) < 4.78 is 0. The normalized spacial score (nSPS) is 9.00. The summed E-state index contributed by atoms with van der Waals surface area (Å²) in [6.45, 7) is 0. The SMILES string of the molecule is O=[C]C=CNC(=O)O. The summed E-state index contributed by atoms with van der Waals surface area (Å²) in [6, 6.07) is 0. The highest BCUT2D eigenvalue weighted by atomic mass is 16.4. The molecule has 0 fully saturated rings. The van der Waals surface area contributed by atoms with Crippen LogP contribution < -0.4 is 5.32 Å². The van der Waals surface area contributed by atoms with E-state index in [0.717, 1.165) is 12.3 Å². The standard InChI is InChI=1S/C4H4NO3/c6-3-1-2-5-4(7)8/h1-2,5H,(H,7,8). The molecule has 0 spiro atoms. The molecule has 4 heteroatoms. The first kappa shape index (κ1) is 6.68. The van der Waals surface area contributed by atoms with Gasteiger partial charge in [0.15, 0.2) is 0 Å². The summed E-state index contributed by atoms with van der Waals surface area (Å²) in [5, 5.41) is 9.67. The highest BCUT2D eigenvalue weighted by molar-refractivity contribution is 5.69. The molecule has 0 aliphatic carbocycles. The summed E-state index contributed by atoms with van der Waals surface area (Å²) in [4.78, 5) is 18.9. The Balaban J connectivity index is 3.29. The monoisotopic (exact) mass is 114 g/mol. The molecule has 0 heterocycles. The number of allylic oxidation sites excluding steroid dienone is 1. The molecule has 0 saturated carbocycles. The zero-order chi connectivity index (χ0) is 6.41. The lowest BCUT2D eigenvalue weighted by Gasteiger charge is -1.83. The number of carboxylic acid groups (broad SMARTS) is 1. The zero-order valence-corrected chi connectivity index (χ0v) is 3.92. The maximum absolute atomic E-state index is 9.58. The molecule has 4 nitrogen and oxygen atoms in total. The van der Waals surface area contributed by atoms with Crippen molar-refractivity contribution in [3.8, 4) is 0 Å². The van der Waals surface area contributed by atoms with Gasteiger partial charge in [0.1, 0.15) is 0 Å². The number of carbonyl (C=O) groups is 1. The lowest BCUT2D eigenvalue weighted by atomic mass is 10.7. The summed E-state index contributed by atoms with van der Waals surface area (Å²) in [6.07, 6.45) is 2.08. The minimum absolute atomic E-state index is 0.925. The fraction of sp³-hybridized carbons (Fsp3) is 0. The average Bonchev–Trinajstić information content (AvgIpc) is 1.66. The molecular weight excluding hydrogens is 110 g/mol. The molecule has 1 radical (unpaired) electrons. The van der Waals surface area contributed by atoms with Gasteiger partial charge in [0.25, 0.3) is 0 Å². The number of hydrogen-bond acceptors (Lipinski definition) is 2. The smallest absolute Gasteiger partial charge is 0.408 e. The van der Waals surface area contributed by atoms with Gasteiger partial charge >= 0.3 is 6.09 Å². The Morgan fingerprint density at radius 3 is 2.75 bits per heavy atom. The van der Waals surface area contributed by atoms with Crippen LogP contribution in [0.5, 0.6) is 0 Å². The second-order valence-corrected chi connectivity index (χ2v) is 0.901. The summed E-state index contributed by atoms with van der Waals surface area (Å²) >= 11 is 0. The van der Waals surface area contributed by atoms with E-state index in [2.05, 4.69) is 0 Å². The number of hydrogen-bond donors (Lipinski definition) is 2. The molecule has 0 aliphatic rings. The van der Waals surface area contributed by atoms with Crippen molar-refractivity contribution < 1.29 is 14.7 Å². The second-order valence-electron chi connectivity index (χ2n) is 0.901. The van der Waals surface area contributed by atoms with Gasteiger partial charge in [-0.05, 0) is 0 Å². The van der Waals surface area contributed by atoms with Gasteiger partial charge in [0.2, 0.25) is 6.29 Å². The second kappa shape index (κ2) is 3.86. The van der Waals surface area contributed by atoms with E-state index >= 15 is 0 Å². The molecule has 0 rings (SSSR count). The molecule has 2 N–H and O–H groups in total. The first-order valence-electron chi connectivity index (χ1n) is 1.79. The fourth-order valence-electron chi connectivity index (χ4n) is 0.147. The van der Waals surface area contributed by atoms with Gasteiger partial charge < -0.3 is 5.11 Å². The van der Waals surface area contributed by atoms with Gasteiger partial charge in [-0.1, -0.05) is 0 Å². The molecule has 43 valence electrons. The highest BCUT2D eigenvalue weighted by Crippen LogP contribution is 1.60. The van der Waals surface area contributed by atoms with Crippen molar-refractivity contribution in [2.24, 2.45) is 0 Å². The maximum Gasteiger partial charge on any atom is 0.408 e. The van der Waals surface area contributed by atoms with Crippen molar-refractivity contribution in [2.75, 3.05) is 0 Å². The largest absolute Gasteiger partial charge is 0.465 e. The fourth-order valence-corrected chi connectivity index (χ4v) is 0.147. The summed E-state index contributed by atoms with van der Waals surface area (Å²) in [5.41, 5.74) is 0. The van der Waals surface area contributed by atoms with Crippen LogP contribution in [0.15, 0.2) is 12.3 Å². The lowest BCUT2D eigenvalue weighted by Crippen LogP contribution is -2.12. The van der Waals surface area contributed by atoms with Crippen LogP contribution >= 0.6 is 0 Å². The van der Waals surface area contributed by atoms with Gasteiger partial charge in [0, 0.05) is 12.3 Å². The molecule has 0 aliphatic heterocycles. The molecule has 1 amide bonds. The van der Waals surface area contributed by atoms with E-state index < -0.39 is 6.09 Å². The number of rotatable bonds is 2. The summed E-state index contributed by atoms with van der Waals surface area (Å²) in [7, 11) is 0. The van der Waals surface area contributed by atoms with Gasteiger partial charge in [0.05, 0.1) is 0 Å².